The van der Waals surface area contributed by atoms with Gasteiger partial charge in [-0.25, -0.2) is 0 Å². The van der Waals surface area contributed by atoms with E-state index in [1.807, 2.05) is 35.2 Å². The third-order valence-corrected chi connectivity index (χ3v) is 12.5. The monoisotopic (exact) mass is 676 g/mol. The number of hydrogen-bond acceptors (Lipinski definition) is 5. The van der Waals surface area contributed by atoms with Crippen LogP contribution in [0.15, 0.2) is 167 Å². The number of anilines is 4. The molecular formula is C45H28N2OS2. The van der Waals surface area contributed by atoms with Crippen LogP contribution in [0.5, 0.6) is 0 Å². The maximum Gasteiger partial charge on any atom is 0.137 e. The third-order valence-electron chi connectivity index (χ3n) is 10.1. The second-order valence-electron chi connectivity index (χ2n) is 12.9. The number of benzene rings is 8. The topological polar surface area (TPSA) is 28.4 Å². The van der Waals surface area contributed by atoms with E-state index in [2.05, 4.69) is 156 Å². The summed E-state index contributed by atoms with van der Waals surface area (Å²) in [5, 5.41) is 13.9. The molecule has 0 fully saturated rings. The van der Waals surface area contributed by atoms with Gasteiger partial charge in [0.25, 0.3) is 0 Å². The Labute approximate surface area is 296 Å². The molecule has 1 aliphatic heterocycles. The van der Waals surface area contributed by atoms with E-state index in [0.717, 1.165) is 39.0 Å². The second kappa shape index (κ2) is 10.9. The van der Waals surface area contributed by atoms with Gasteiger partial charge in [-0.05, 0) is 64.9 Å². The van der Waals surface area contributed by atoms with Crippen LogP contribution in [0, 0.1) is 0 Å². The molecule has 8 aromatic carbocycles. The highest BCUT2D eigenvalue weighted by Gasteiger charge is 2.28. The molecule has 0 saturated carbocycles. The number of thioether (sulfide) groups is 1. The fourth-order valence-corrected chi connectivity index (χ4v) is 10.2. The predicted molar refractivity (Wildman–Crippen MR) is 215 cm³/mol. The van der Waals surface area contributed by atoms with Crippen molar-refractivity contribution in [2.75, 3.05) is 10.2 Å². The summed E-state index contributed by atoms with van der Waals surface area (Å²) in [4.78, 5) is 3.68. The number of fused-ring (bicyclic) bond motifs is 12. The normalized spacial score (nSPS) is 14.3. The Balaban J connectivity index is 1.14. The van der Waals surface area contributed by atoms with Crippen LogP contribution in [0.25, 0.3) is 63.7 Å². The number of nitrogens with one attached hydrogen (secondary N) is 1. The first-order valence-corrected chi connectivity index (χ1v) is 18.6. The minimum atomic E-state index is 0.144. The number of para-hydroxylation sites is 1. The fraction of sp³-hybridized carbons (Fsp3) is 0.0222. The molecule has 1 atom stereocenters. The molecule has 1 unspecified atom stereocenters. The Hall–Kier alpha value is -5.75. The predicted octanol–water partition coefficient (Wildman–Crippen LogP) is 13.9. The Kier molecular flexibility index (Phi) is 6.12. The highest BCUT2D eigenvalue weighted by molar-refractivity contribution is 8.00. The van der Waals surface area contributed by atoms with Crippen molar-refractivity contribution >= 4 is 110 Å². The zero-order chi connectivity index (χ0) is 32.8. The number of furan rings is 1. The largest absolute Gasteiger partial charge is 0.456 e. The van der Waals surface area contributed by atoms with Gasteiger partial charge in [0.2, 0.25) is 0 Å². The molecule has 5 heteroatoms. The standard InChI is InChI=1S/C45H28N2OS2/c1-2-10-27(11-3-1)45-46-43-37-15-5-4-12-31(37)32-21-18-28(24-38(32)44(43)50-45)47(29-19-22-34-33-13-6-8-16-39(33)48-40(34)25-29)30-20-23-36-35-14-7-9-17-41(35)49-42(36)26-30/h1-26,45-46H. The number of thiophene rings is 1. The molecule has 0 saturated heterocycles. The van der Waals surface area contributed by atoms with Gasteiger partial charge in [-0.2, -0.15) is 0 Å². The Morgan fingerprint density at radius 3 is 1.92 bits per heavy atom. The summed E-state index contributed by atoms with van der Waals surface area (Å²) < 4.78 is 9.00. The average molecular weight is 677 g/mol. The lowest BCUT2D eigenvalue weighted by Crippen LogP contribution is -2.09. The van der Waals surface area contributed by atoms with Crippen LogP contribution in [0.3, 0.4) is 0 Å². The zero-order valence-corrected chi connectivity index (χ0v) is 28.4. The van der Waals surface area contributed by atoms with E-state index < -0.39 is 0 Å². The SMILES string of the molecule is c1ccc(C2Nc3c(c4cc(N(c5ccc6c(c5)oc5ccccc56)c5ccc6c(c5)sc5ccccc56)ccc4c4ccccc34)S2)cc1. The first kappa shape index (κ1) is 28.1. The van der Waals surface area contributed by atoms with Gasteiger partial charge in [-0.1, -0.05) is 115 Å². The lowest BCUT2D eigenvalue weighted by Gasteiger charge is -2.26. The van der Waals surface area contributed by atoms with E-state index in [9.17, 15) is 0 Å². The van der Waals surface area contributed by atoms with Crippen LogP contribution in [0.1, 0.15) is 10.9 Å². The summed E-state index contributed by atoms with van der Waals surface area (Å²) >= 11 is 3.76. The molecule has 0 radical (unpaired) electrons. The lowest BCUT2D eigenvalue weighted by atomic mass is 9.99. The van der Waals surface area contributed by atoms with Gasteiger partial charge in [0, 0.05) is 69.7 Å². The van der Waals surface area contributed by atoms with Crippen molar-refractivity contribution in [3.8, 4) is 0 Å². The first-order valence-electron chi connectivity index (χ1n) is 16.9. The van der Waals surface area contributed by atoms with Crippen molar-refractivity contribution in [3.63, 3.8) is 0 Å². The molecule has 50 heavy (non-hydrogen) atoms. The van der Waals surface area contributed by atoms with Gasteiger partial charge in [-0.3, -0.25) is 0 Å². The summed E-state index contributed by atoms with van der Waals surface area (Å²) in [5.74, 6) is 0. The summed E-state index contributed by atoms with van der Waals surface area (Å²) in [6, 6.07) is 57.1. The van der Waals surface area contributed by atoms with Gasteiger partial charge in [0.15, 0.2) is 0 Å². The molecule has 1 aliphatic rings. The van der Waals surface area contributed by atoms with Crippen LogP contribution in [-0.2, 0) is 0 Å². The van der Waals surface area contributed by atoms with E-state index in [1.165, 1.54) is 57.9 Å². The van der Waals surface area contributed by atoms with E-state index >= 15 is 0 Å². The Bertz CT molecular complexity index is 2850. The molecule has 0 spiro atoms. The van der Waals surface area contributed by atoms with Crippen LogP contribution in [0.4, 0.5) is 22.7 Å². The maximum atomic E-state index is 6.42. The molecule has 2 aromatic heterocycles. The first-order chi connectivity index (χ1) is 24.8. The van der Waals surface area contributed by atoms with Crippen LogP contribution in [0.2, 0.25) is 0 Å². The summed E-state index contributed by atoms with van der Waals surface area (Å²) in [7, 11) is 0. The van der Waals surface area contributed by atoms with Crippen molar-refractivity contribution in [2.45, 2.75) is 10.3 Å². The number of nitrogens with zero attached hydrogens (tertiary/aromatic N) is 1. The molecule has 1 N–H and O–H groups in total. The number of hydrogen-bond donors (Lipinski definition) is 1. The van der Waals surface area contributed by atoms with Crippen molar-refractivity contribution in [1.29, 1.82) is 0 Å². The van der Waals surface area contributed by atoms with E-state index in [0.29, 0.717) is 0 Å². The summed E-state index contributed by atoms with van der Waals surface area (Å²) in [5.41, 5.74) is 7.56. The van der Waals surface area contributed by atoms with Gasteiger partial charge in [-0.15, -0.1) is 11.3 Å². The van der Waals surface area contributed by atoms with Crippen molar-refractivity contribution in [2.24, 2.45) is 0 Å². The van der Waals surface area contributed by atoms with Gasteiger partial charge >= 0.3 is 0 Å². The Morgan fingerprint density at radius 2 is 1.06 bits per heavy atom. The van der Waals surface area contributed by atoms with Crippen LogP contribution >= 0.6 is 23.1 Å². The maximum absolute atomic E-state index is 6.42. The minimum Gasteiger partial charge on any atom is -0.456 e. The van der Waals surface area contributed by atoms with Gasteiger partial charge in [0.1, 0.15) is 16.5 Å². The summed E-state index contributed by atoms with van der Waals surface area (Å²) in [6.45, 7) is 0. The van der Waals surface area contributed by atoms with Gasteiger partial charge in [0.05, 0.1) is 5.69 Å². The average Bonchev–Trinajstić information content (AvgIpc) is 3.89. The molecular weight excluding hydrogens is 649 g/mol. The van der Waals surface area contributed by atoms with Crippen molar-refractivity contribution < 1.29 is 4.42 Å². The number of rotatable bonds is 4. The highest BCUT2D eigenvalue weighted by Crippen LogP contribution is 2.54. The molecule has 11 rings (SSSR count). The second-order valence-corrected chi connectivity index (χ2v) is 15.1. The van der Waals surface area contributed by atoms with E-state index in [-0.39, 0.29) is 5.37 Å². The van der Waals surface area contributed by atoms with Crippen molar-refractivity contribution in [3.05, 3.63) is 163 Å². The molecule has 236 valence electrons. The minimum absolute atomic E-state index is 0.144. The summed E-state index contributed by atoms with van der Waals surface area (Å²) in [6.07, 6.45) is 0. The molecule has 0 bridgehead atoms. The van der Waals surface area contributed by atoms with Gasteiger partial charge < -0.3 is 14.6 Å². The zero-order valence-electron chi connectivity index (χ0n) is 26.8. The Morgan fingerprint density at radius 1 is 0.460 bits per heavy atom. The quantitative estimate of drug-likeness (QED) is 0.188. The third kappa shape index (κ3) is 4.24. The van der Waals surface area contributed by atoms with E-state index in [4.69, 9.17) is 4.42 Å². The molecule has 0 amide bonds. The molecule has 3 nitrogen and oxygen atoms in total. The van der Waals surface area contributed by atoms with Crippen molar-refractivity contribution in [1.82, 2.24) is 0 Å². The highest BCUT2D eigenvalue weighted by atomic mass is 32.2. The molecule has 0 aliphatic carbocycles. The molecule has 3 heterocycles. The molecule has 10 aromatic rings. The fourth-order valence-electron chi connectivity index (χ4n) is 7.76. The van der Waals surface area contributed by atoms with Crippen LogP contribution < -0.4 is 10.2 Å². The van der Waals surface area contributed by atoms with Crippen LogP contribution in [-0.4, -0.2) is 0 Å². The lowest BCUT2D eigenvalue weighted by molar-refractivity contribution is 0.669. The smallest absolute Gasteiger partial charge is 0.137 e. The van der Waals surface area contributed by atoms with E-state index in [1.54, 1.807) is 0 Å².